The molecule has 1 aromatic carbocycles. The summed E-state index contributed by atoms with van der Waals surface area (Å²) in [5.41, 5.74) is 1.44. The maximum atomic E-state index is 3.69. The van der Waals surface area contributed by atoms with Gasteiger partial charge in [0.25, 0.3) is 0 Å². The van der Waals surface area contributed by atoms with Crippen LogP contribution in [0.3, 0.4) is 0 Å². The Balaban J connectivity index is 1.66. The topological polar surface area (TPSA) is 15.3 Å². The van der Waals surface area contributed by atoms with Crippen molar-refractivity contribution in [2.75, 3.05) is 19.6 Å². The van der Waals surface area contributed by atoms with Crippen molar-refractivity contribution in [3.8, 4) is 0 Å². The first-order chi connectivity index (χ1) is 9.72. The molecule has 1 aromatic rings. The van der Waals surface area contributed by atoms with Crippen LogP contribution in [-0.4, -0.2) is 30.6 Å². The molecular weight excluding hydrogens is 244 g/mol. The number of benzene rings is 1. The van der Waals surface area contributed by atoms with E-state index in [-0.39, 0.29) is 0 Å². The standard InChI is InChI=1S/C18H28N2/c1-14-10-15(2)12-17(11-14)20-9-8-19-18(13-20)16-6-4-3-5-7-16/h3-7,14-15,17-19H,8-13H2,1-2H3. The Hall–Kier alpha value is -0.860. The molecule has 1 aliphatic heterocycles. The van der Waals surface area contributed by atoms with Crippen LogP contribution in [-0.2, 0) is 0 Å². The Labute approximate surface area is 123 Å². The summed E-state index contributed by atoms with van der Waals surface area (Å²) in [6, 6.07) is 12.2. The van der Waals surface area contributed by atoms with Crippen LogP contribution in [0.1, 0.15) is 44.7 Å². The van der Waals surface area contributed by atoms with Crippen molar-refractivity contribution in [1.82, 2.24) is 10.2 Å². The maximum Gasteiger partial charge on any atom is 0.0449 e. The predicted octanol–water partition coefficient (Wildman–Crippen LogP) is 3.46. The molecule has 2 aliphatic rings. The van der Waals surface area contributed by atoms with Crippen LogP contribution in [0.25, 0.3) is 0 Å². The van der Waals surface area contributed by atoms with Gasteiger partial charge in [0, 0.05) is 31.7 Å². The fraction of sp³-hybridized carbons (Fsp3) is 0.667. The van der Waals surface area contributed by atoms with Gasteiger partial charge < -0.3 is 5.32 Å². The molecule has 1 heterocycles. The third-order valence-electron chi connectivity index (χ3n) is 5.08. The first-order valence-corrected chi connectivity index (χ1v) is 8.24. The molecule has 2 heteroatoms. The van der Waals surface area contributed by atoms with Crippen LogP contribution in [0.2, 0.25) is 0 Å². The summed E-state index contributed by atoms with van der Waals surface area (Å²) in [6.45, 7) is 8.37. The van der Waals surface area contributed by atoms with Crippen molar-refractivity contribution in [1.29, 1.82) is 0 Å². The lowest BCUT2D eigenvalue weighted by Crippen LogP contribution is -2.51. The van der Waals surface area contributed by atoms with E-state index in [1.165, 1.54) is 37.9 Å². The van der Waals surface area contributed by atoms with Crippen LogP contribution in [0.4, 0.5) is 0 Å². The Morgan fingerprint density at radius 2 is 1.70 bits per heavy atom. The number of nitrogens with one attached hydrogen (secondary N) is 1. The number of nitrogens with zero attached hydrogens (tertiary/aromatic N) is 1. The number of hydrogen-bond acceptors (Lipinski definition) is 2. The summed E-state index contributed by atoms with van der Waals surface area (Å²) in [7, 11) is 0. The zero-order valence-corrected chi connectivity index (χ0v) is 12.9. The highest BCUT2D eigenvalue weighted by molar-refractivity contribution is 5.20. The first kappa shape index (κ1) is 14.1. The third-order valence-corrected chi connectivity index (χ3v) is 5.08. The molecule has 3 unspecified atom stereocenters. The molecule has 3 rings (SSSR count). The molecule has 1 aliphatic carbocycles. The van der Waals surface area contributed by atoms with E-state index in [2.05, 4.69) is 54.4 Å². The lowest BCUT2D eigenvalue weighted by molar-refractivity contribution is 0.0815. The van der Waals surface area contributed by atoms with Gasteiger partial charge in [0.05, 0.1) is 0 Å². The van der Waals surface area contributed by atoms with E-state index >= 15 is 0 Å². The molecule has 1 N–H and O–H groups in total. The second kappa shape index (κ2) is 6.28. The molecule has 2 nitrogen and oxygen atoms in total. The zero-order chi connectivity index (χ0) is 13.9. The Kier molecular flexibility index (Phi) is 4.42. The Bertz CT molecular complexity index is 407. The summed E-state index contributed by atoms with van der Waals surface area (Å²) in [5.74, 6) is 1.79. The molecule has 0 bridgehead atoms. The summed E-state index contributed by atoms with van der Waals surface area (Å²) in [6.07, 6.45) is 4.21. The monoisotopic (exact) mass is 272 g/mol. The number of rotatable bonds is 2. The van der Waals surface area contributed by atoms with Crippen LogP contribution in [0.5, 0.6) is 0 Å². The molecule has 0 amide bonds. The fourth-order valence-corrected chi connectivity index (χ4v) is 4.22. The lowest BCUT2D eigenvalue weighted by atomic mass is 9.79. The largest absolute Gasteiger partial charge is 0.308 e. The van der Waals surface area contributed by atoms with Crippen LogP contribution in [0, 0.1) is 11.8 Å². The average Bonchev–Trinajstić information content (AvgIpc) is 2.47. The molecule has 1 saturated heterocycles. The quantitative estimate of drug-likeness (QED) is 0.887. The van der Waals surface area contributed by atoms with Crippen LogP contribution in [0.15, 0.2) is 30.3 Å². The van der Waals surface area contributed by atoms with Gasteiger partial charge in [-0.2, -0.15) is 0 Å². The van der Waals surface area contributed by atoms with E-state index < -0.39 is 0 Å². The van der Waals surface area contributed by atoms with Crippen molar-refractivity contribution < 1.29 is 0 Å². The second-order valence-corrected chi connectivity index (χ2v) is 6.98. The van der Waals surface area contributed by atoms with Crippen molar-refractivity contribution in [2.45, 2.75) is 45.2 Å². The zero-order valence-electron chi connectivity index (χ0n) is 12.9. The van der Waals surface area contributed by atoms with Crippen LogP contribution >= 0.6 is 0 Å². The summed E-state index contributed by atoms with van der Waals surface area (Å²) >= 11 is 0. The second-order valence-electron chi connectivity index (χ2n) is 6.98. The van der Waals surface area contributed by atoms with E-state index in [1.807, 2.05) is 0 Å². The summed E-state index contributed by atoms with van der Waals surface area (Å²) in [5, 5.41) is 3.69. The highest BCUT2D eigenvalue weighted by atomic mass is 15.2. The summed E-state index contributed by atoms with van der Waals surface area (Å²) < 4.78 is 0. The smallest absolute Gasteiger partial charge is 0.0449 e. The fourth-order valence-electron chi connectivity index (χ4n) is 4.22. The van der Waals surface area contributed by atoms with E-state index in [0.717, 1.165) is 24.4 Å². The van der Waals surface area contributed by atoms with Gasteiger partial charge in [-0.3, -0.25) is 4.90 Å². The number of hydrogen-bond donors (Lipinski definition) is 1. The van der Waals surface area contributed by atoms with E-state index in [9.17, 15) is 0 Å². The van der Waals surface area contributed by atoms with Crippen LogP contribution < -0.4 is 5.32 Å². The summed E-state index contributed by atoms with van der Waals surface area (Å²) in [4.78, 5) is 2.75. The minimum absolute atomic E-state index is 0.512. The van der Waals surface area contributed by atoms with Crippen molar-refractivity contribution in [3.05, 3.63) is 35.9 Å². The van der Waals surface area contributed by atoms with Crippen molar-refractivity contribution in [2.24, 2.45) is 11.8 Å². The molecule has 20 heavy (non-hydrogen) atoms. The maximum absolute atomic E-state index is 3.69. The lowest BCUT2D eigenvalue weighted by Gasteiger charge is -2.43. The van der Waals surface area contributed by atoms with Gasteiger partial charge >= 0.3 is 0 Å². The molecule has 3 atom stereocenters. The average molecular weight is 272 g/mol. The van der Waals surface area contributed by atoms with E-state index in [4.69, 9.17) is 0 Å². The molecule has 110 valence electrons. The van der Waals surface area contributed by atoms with Gasteiger partial charge in [0.2, 0.25) is 0 Å². The number of piperazine rings is 1. The normalized spacial score (nSPS) is 35.9. The van der Waals surface area contributed by atoms with Crippen molar-refractivity contribution in [3.63, 3.8) is 0 Å². The van der Waals surface area contributed by atoms with Gasteiger partial charge in [-0.25, -0.2) is 0 Å². The van der Waals surface area contributed by atoms with E-state index in [1.54, 1.807) is 0 Å². The molecule has 0 radical (unpaired) electrons. The molecule has 0 spiro atoms. The predicted molar refractivity (Wildman–Crippen MR) is 84.7 cm³/mol. The van der Waals surface area contributed by atoms with Gasteiger partial charge in [-0.1, -0.05) is 44.2 Å². The molecule has 1 saturated carbocycles. The van der Waals surface area contributed by atoms with Gasteiger partial charge in [0.15, 0.2) is 0 Å². The SMILES string of the molecule is CC1CC(C)CC(N2CCNC(c3ccccc3)C2)C1. The highest BCUT2D eigenvalue weighted by Crippen LogP contribution is 2.33. The molecule has 2 fully saturated rings. The van der Waals surface area contributed by atoms with Gasteiger partial charge in [0.1, 0.15) is 0 Å². The molecular formula is C18H28N2. The highest BCUT2D eigenvalue weighted by Gasteiger charge is 2.31. The minimum atomic E-state index is 0.512. The third kappa shape index (κ3) is 3.24. The van der Waals surface area contributed by atoms with Gasteiger partial charge in [-0.15, -0.1) is 0 Å². The minimum Gasteiger partial charge on any atom is -0.308 e. The van der Waals surface area contributed by atoms with E-state index in [0.29, 0.717) is 6.04 Å². The Morgan fingerprint density at radius 3 is 2.40 bits per heavy atom. The van der Waals surface area contributed by atoms with Gasteiger partial charge in [-0.05, 0) is 36.7 Å². The van der Waals surface area contributed by atoms with Crippen molar-refractivity contribution >= 4 is 0 Å². The molecule has 0 aromatic heterocycles. The Morgan fingerprint density at radius 1 is 1.00 bits per heavy atom. The first-order valence-electron chi connectivity index (χ1n) is 8.24.